The summed E-state index contributed by atoms with van der Waals surface area (Å²) in [6.45, 7) is 4.25. The Hall–Kier alpha value is -2.47. The lowest BCUT2D eigenvalue weighted by atomic mass is 10.1. The van der Waals surface area contributed by atoms with Gasteiger partial charge in [0.05, 0.1) is 12.1 Å². The van der Waals surface area contributed by atoms with Gasteiger partial charge in [0.25, 0.3) is 11.5 Å². The smallest absolute Gasteiger partial charge is 0.268 e. The molecule has 0 fully saturated rings. The molecule has 0 radical (unpaired) electrons. The fourth-order valence-electron chi connectivity index (χ4n) is 2.39. The van der Waals surface area contributed by atoms with Crippen molar-refractivity contribution in [1.82, 2.24) is 14.9 Å². The number of hydrogen-bond acceptors (Lipinski definition) is 4. The summed E-state index contributed by atoms with van der Waals surface area (Å²) in [6, 6.07) is 7.45. The number of carbonyl (C=O) groups excluding carboxylic acids is 1. The average molecular weight is 327 g/mol. The number of rotatable bonds is 3. The molecule has 5 nitrogen and oxygen atoms in total. The van der Waals surface area contributed by atoms with E-state index in [1.54, 1.807) is 11.9 Å². The van der Waals surface area contributed by atoms with Gasteiger partial charge in [0.2, 0.25) is 0 Å². The number of aromatic nitrogens is 2. The van der Waals surface area contributed by atoms with E-state index in [0.29, 0.717) is 21.6 Å². The number of aryl methyl sites for hydroxylation is 2. The van der Waals surface area contributed by atoms with Crippen LogP contribution >= 0.6 is 11.3 Å². The highest BCUT2D eigenvalue weighted by Crippen LogP contribution is 2.15. The Morgan fingerprint density at radius 2 is 2.04 bits per heavy atom. The van der Waals surface area contributed by atoms with Gasteiger partial charge < -0.3 is 9.88 Å². The SMILES string of the molecule is Cc1ccc(C(=O)N(C)Cc2nc3ccsc3c(=O)[nH]2)cc1C. The number of benzene rings is 1. The lowest BCUT2D eigenvalue weighted by Gasteiger charge is -2.17. The molecule has 0 aliphatic carbocycles. The molecule has 0 bridgehead atoms. The minimum atomic E-state index is -0.160. The summed E-state index contributed by atoms with van der Waals surface area (Å²) in [6.07, 6.45) is 0. The van der Waals surface area contributed by atoms with Gasteiger partial charge in [0, 0.05) is 12.6 Å². The van der Waals surface area contributed by atoms with Gasteiger partial charge in [-0.2, -0.15) is 0 Å². The fourth-order valence-corrected chi connectivity index (χ4v) is 3.11. The van der Waals surface area contributed by atoms with E-state index in [-0.39, 0.29) is 18.0 Å². The summed E-state index contributed by atoms with van der Waals surface area (Å²) in [5.74, 6) is 0.391. The van der Waals surface area contributed by atoms with Crippen molar-refractivity contribution in [2.24, 2.45) is 0 Å². The van der Waals surface area contributed by atoms with Gasteiger partial charge in [-0.3, -0.25) is 9.59 Å². The molecule has 0 unspecified atom stereocenters. The minimum Gasteiger partial charge on any atom is -0.334 e. The third-order valence-corrected chi connectivity index (χ3v) is 4.75. The van der Waals surface area contributed by atoms with Gasteiger partial charge in [-0.1, -0.05) is 6.07 Å². The molecule has 1 N–H and O–H groups in total. The van der Waals surface area contributed by atoms with Crippen molar-refractivity contribution in [3.05, 3.63) is 62.5 Å². The maximum absolute atomic E-state index is 12.5. The van der Waals surface area contributed by atoms with Gasteiger partial charge >= 0.3 is 0 Å². The molecule has 0 spiro atoms. The molecule has 0 saturated carbocycles. The third kappa shape index (κ3) is 3.03. The van der Waals surface area contributed by atoms with Crippen LogP contribution in [0.15, 0.2) is 34.4 Å². The maximum Gasteiger partial charge on any atom is 0.268 e. The van der Waals surface area contributed by atoms with Crippen LogP contribution in [-0.4, -0.2) is 27.8 Å². The number of nitrogens with one attached hydrogen (secondary N) is 1. The van der Waals surface area contributed by atoms with Crippen LogP contribution in [0.2, 0.25) is 0 Å². The molecule has 6 heteroatoms. The number of nitrogens with zero attached hydrogens (tertiary/aromatic N) is 2. The summed E-state index contributed by atoms with van der Waals surface area (Å²) >= 11 is 1.36. The van der Waals surface area contributed by atoms with E-state index in [4.69, 9.17) is 0 Å². The summed E-state index contributed by atoms with van der Waals surface area (Å²) in [5.41, 5.74) is 3.37. The molecular formula is C17H17N3O2S. The van der Waals surface area contributed by atoms with Gasteiger partial charge in [-0.15, -0.1) is 11.3 Å². The summed E-state index contributed by atoms with van der Waals surface area (Å²) < 4.78 is 0.608. The van der Waals surface area contributed by atoms with Crippen LogP contribution in [0.4, 0.5) is 0 Å². The van der Waals surface area contributed by atoms with E-state index in [2.05, 4.69) is 9.97 Å². The zero-order valence-electron chi connectivity index (χ0n) is 13.2. The number of amides is 1. The first-order valence-electron chi connectivity index (χ1n) is 7.25. The molecule has 2 heterocycles. The van der Waals surface area contributed by atoms with Crippen LogP contribution in [0, 0.1) is 13.8 Å². The van der Waals surface area contributed by atoms with Crippen LogP contribution in [0.5, 0.6) is 0 Å². The Labute approximate surface area is 137 Å². The van der Waals surface area contributed by atoms with Crippen molar-refractivity contribution in [2.75, 3.05) is 7.05 Å². The summed E-state index contributed by atoms with van der Waals surface area (Å²) in [5, 5.41) is 1.83. The van der Waals surface area contributed by atoms with Gasteiger partial charge in [0.15, 0.2) is 0 Å². The molecule has 3 rings (SSSR count). The Morgan fingerprint density at radius 3 is 2.78 bits per heavy atom. The maximum atomic E-state index is 12.5. The zero-order chi connectivity index (χ0) is 16.6. The standard InChI is InChI=1S/C17H17N3O2S/c1-10-4-5-12(8-11(10)2)17(22)20(3)9-14-18-13-6-7-23-15(13)16(21)19-14/h4-8H,9H2,1-3H3,(H,18,19,21). The van der Waals surface area contributed by atoms with Crippen molar-refractivity contribution in [1.29, 1.82) is 0 Å². The third-order valence-electron chi connectivity index (χ3n) is 3.85. The van der Waals surface area contributed by atoms with Crippen LogP contribution in [-0.2, 0) is 6.54 Å². The number of carbonyl (C=O) groups is 1. The highest BCUT2D eigenvalue weighted by molar-refractivity contribution is 7.17. The zero-order valence-corrected chi connectivity index (χ0v) is 14.0. The van der Waals surface area contributed by atoms with Crippen LogP contribution in [0.25, 0.3) is 10.2 Å². The van der Waals surface area contributed by atoms with Gasteiger partial charge in [-0.25, -0.2) is 4.98 Å². The van der Waals surface area contributed by atoms with E-state index < -0.39 is 0 Å². The van der Waals surface area contributed by atoms with Gasteiger partial charge in [0.1, 0.15) is 10.5 Å². The van der Waals surface area contributed by atoms with Crippen molar-refractivity contribution < 1.29 is 4.79 Å². The molecule has 23 heavy (non-hydrogen) atoms. The van der Waals surface area contributed by atoms with Crippen molar-refractivity contribution >= 4 is 27.5 Å². The number of aromatic amines is 1. The predicted molar refractivity (Wildman–Crippen MR) is 92.0 cm³/mol. The number of hydrogen-bond donors (Lipinski definition) is 1. The molecule has 1 aromatic carbocycles. The highest BCUT2D eigenvalue weighted by atomic mass is 32.1. The lowest BCUT2D eigenvalue weighted by molar-refractivity contribution is 0.0781. The topological polar surface area (TPSA) is 66.1 Å². The summed E-state index contributed by atoms with van der Waals surface area (Å²) in [4.78, 5) is 33.2. The molecule has 118 valence electrons. The Kier molecular flexibility index (Phi) is 4.00. The van der Waals surface area contributed by atoms with E-state index in [9.17, 15) is 9.59 Å². The van der Waals surface area contributed by atoms with Crippen LogP contribution in [0.3, 0.4) is 0 Å². The number of thiophene rings is 1. The van der Waals surface area contributed by atoms with E-state index in [1.165, 1.54) is 11.3 Å². The second-order valence-corrected chi connectivity index (χ2v) is 6.52. The first kappa shape index (κ1) is 15.4. The van der Waals surface area contributed by atoms with E-state index in [1.807, 2.05) is 43.5 Å². The molecular weight excluding hydrogens is 310 g/mol. The second kappa shape index (κ2) is 5.96. The first-order valence-corrected chi connectivity index (χ1v) is 8.13. The predicted octanol–water partition coefficient (Wildman–Crippen LogP) is 2.87. The average Bonchev–Trinajstić information content (AvgIpc) is 2.98. The molecule has 1 amide bonds. The van der Waals surface area contributed by atoms with Crippen molar-refractivity contribution in [3.8, 4) is 0 Å². The fraction of sp³-hybridized carbons (Fsp3) is 0.235. The minimum absolute atomic E-state index is 0.0961. The first-order chi connectivity index (χ1) is 11.0. The molecule has 0 aliphatic heterocycles. The molecule has 2 aromatic heterocycles. The molecule has 0 aliphatic rings. The van der Waals surface area contributed by atoms with Crippen molar-refractivity contribution in [2.45, 2.75) is 20.4 Å². The molecule has 0 saturated heterocycles. The van der Waals surface area contributed by atoms with E-state index >= 15 is 0 Å². The van der Waals surface area contributed by atoms with Crippen LogP contribution in [0.1, 0.15) is 27.3 Å². The van der Waals surface area contributed by atoms with E-state index in [0.717, 1.165) is 11.1 Å². The molecule has 3 aromatic rings. The summed E-state index contributed by atoms with van der Waals surface area (Å²) in [7, 11) is 1.70. The molecule has 0 atom stereocenters. The number of fused-ring (bicyclic) bond motifs is 1. The van der Waals surface area contributed by atoms with Gasteiger partial charge in [-0.05, 0) is 48.6 Å². The van der Waals surface area contributed by atoms with Crippen molar-refractivity contribution in [3.63, 3.8) is 0 Å². The lowest BCUT2D eigenvalue weighted by Crippen LogP contribution is -2.28. The Balaban J connectivity index is 1.84. The van der Waals surface area contributed by atoms with Crippen LogP contribution < -0.4 is 5.56 Å². The normalized spacial score (nSPS) is 10.9. The second-order valence-electron chi connectivity index (χ2n) is 5.61. The Bertz CT molecular complexity index is 942. The quantitative estimate of drug-likeness (QED) is 0.804. The highest BCUT2D eigenvalue weighted by Gasteiger charge is 2.14. The monoisotopic (exact) mass is 327 g/mol. The Morgan fingerprint density at radius 1 is 1.26 bits per heavy atom. The number of H-pyrrole nitrogens is 1. The largest absolute Gasteiger partial charge is 0.334 e.